The van der Waals surface area contributed by atoms with Gasteiger partial charge in [0, 0.05) is 17.9 Å². The minimum Gasteiger partial charge on any atom is -0.480 e. The monoisotopic (exact) mass is 448 g/mol. The number of rotatable bonds is 6. The fourth-order valence-corrected chi connectivity index (χ4v) is 5.22. The number of carbonyl (C=O) groups excluding carboxylic acids is 2. The quantitative estimate of drug-likeness (QED) is 0.623. The smallest absolute Gasteiger partial charge is 0.407 e. The van der Waals surface area contributed by atoms with E-state index in [4.69, 9.17) is 4.74 Å². The second kappa shape index (κ2) is 8.54. The van der Waals surface area contributed by atoms with Gasteiger partial charge in [0.1, 0.15) is 12.1 Å². The van der Waals surface area contributed by atoms with Crippen LogP contribution in [0.2, 0.25) is 0 Å². The molecule has 0 aliphatic heterocycles. The van der Waals surface area contributed by atoms with E-state index in [0.717, 1.165) is 24.0 Å². The van der Waals surface area contributed by atoms with Gasteiger partial charge in [0.2, 0.25) is 5.91 Å². The molecule has 0 aromatic heterocycles. The van der Waals surface area contributed by atoms with Gasteiger partial charge in [-0.2, -0.15) is 0 Å². The Morgan fingerprint density at radius 3 is 2.21 bits per heavy atom. The van der Waals surface area contributed by atoms with E-state index in [1.165, 1.54) is 11.1 Å². The van der Waals surface area contributed by atoms with Gasteiger partial charge in [-0.1, -0.05) is 55.0 Å². The highest BCUT2D eigenvalue weighted by atomic mass is 16.5. The van der Waals surface area contributed by atoms with E-state index in [9.17, 15) is 19.5 Å². The summed E-state index contributed by atoms with van der Waals surface area (Å²) in [6.45, 7) is 0.248. The number of aliphatic carboxylic acids is 1. The number of nitrogens with one attached hydrogen (secondary N) is 2. The first kappa shape index (κ1) is 21.5. The molecular formula is C26H28N2O5. The summed E-state index contributed by atoms with van der Waals surface area (Å²) in [7, 11) is 0. The fourth-order valence-electron chi connectivity index (χ4n) is 5.22. The number of ether oxygens (including phenoxy) is 1. The lowest BCUT2D eigenvalue weighted by molar-refractivity contribution is -0.144. The van der Waals surface area contributed by atoms with Crippen molar-refractivity contribution >= 4 is 18.0 Å². The second-order valence-corrected chi connectivity index (χ2v) is 9.41. The molecule has 2 amide bonds. The molecule has 7 heteroatoms. The maximum atomic E-state index is 12.6. The van der Waals surface area contributed by atoms with Gasteiger partial charge < -0.3 is 20.5 Å². The number of alkyl carbamates (subject to hydrolysis) is 1. The zero-order chi connectivity index (χ0) is 23.0. The molecule has 172 valence electrons. The van der Waals surface area contributed by atoms with E-state index < -0.39 is 17.6 Å². The van der Waals surface area contributed by atoms with Crippen LogP contribution in [0.5, 0.6) is 0 Å². The standard InChI is InChI=1S/C26H28N2O5/c29-23(28-26(12-13-26)24(30)31)16-6-5-7-17(14-16)27-25(32)33-15-22-20-10-3-1-8-18(20)19-9-2-4-11-21(19)22/h1-4,8-11,16-17,22H,5-7,12-15H2,(H,27,32)(H,28,29)(H,30,31)/t16-,17+/m1/s1. The number of fused-ring (bicyclic) bond motifs is 3. The molecule has 0 radical (unpaired) electrons. The van der Waals surface area contributed by atoms with Crippen molar-refractivity contribution < 1.29 is 24.2 Å². The molecular weight excluding hydrogens is 420 g/mol. The van der Waals surface area contributed by atoms with Gasteiger partial charge in [-0.15, -0.1) is 0 Å². The van der Waals surface area contributed by atoms with Crippen LogP contribution in [-0.4, -0.2) is 41.3 Å². The third kappa shape index (κ3) is 4.19. The summed E-state index contributed by atoms with van der Waals surface area (Å²) >= 11 is 0. The summed E-state index contributed by atoms with van der Waals surface area (Å²) in [6, 6.07) is 16.2. The van der Waals surface area contributed by atoms with Crippen molar-refractivity contribution in [1.82, 2.24) is 10.6 Å². The predicted molar refractivity (Wildman–Crippen MR) is 122 cm³/mol. The molecule has 3 aliphatic carbocycles. The number of hydrogen-bond donors (Lipinski definition) is 3. The maximum Gasteiger partial charge on any atom is 0.407 e. The van der Waals surface area contributed by atoms with Crippen LogP contribution in [0.3, 0.4) is 0 Å². The van der Waals surface area contributed by atoms with E-state index in [1.807, 2.05) is 24.3 Å². The van der Waals surface area contributed by atoms with Crippen LogP contribution in [-0.2, 0) is 14.3 Å². The van der Waals surface area contributed by atoms with Gasteiger partial charge in [-0.25, -0.2) is 9.59 Å². The minimum absolute atomic E-state index is 0.00113. The van der Waals surface area contributed by atoms with E-state index in [1.54, 1.807) is 0 Å². The van der Waals surface area contributed by atoms with Crippen LogP contribution in [0.25, 0.3) is 11.1 Å². The zero-order valence-electron chi connectivity index (χ0n) is 18.4. The third-order valence-electron chi connectivity index (χ3n) is 7.23. The molecule has 0 bridgehead atoms. The summed E-state index contributed by atoms with van der Waals surface area (Å²) in [4.78, 5) is 36.5. The van der Waals surface area contributed by atoms with Gasteiger partial charge in [0.15, 0.2) is 0 Å². The van der Waals surface area contributed by atoms with Crippen molar-refractivity contribution in [1.29, 1.82) is 0 Å². The van der Waals surface area contributed by atoms with Crippen molar-refractivity contribution in [2.45, 2.75) is 56.0 Å². The van der Waals surface area contributed by atoms with Crippen LogP contribution in [0.4, 0.5) is 4.79 Å². The van der Waals surface area contributed by atoms with E-state index in [-0.39, 0.29) is 30.4 Å². The molecule has 2 atom stereocenters. The van der Waals surface area contributed by atoms with Crippen LogP contribution < -0.4 is 10.6 Å². The lowest BCUT2D eigenvalue weighted by Crippen LogP contribution is -2.48. The van der Waals surface area contributed by atoms with Crippen molar-refractivity contribution in [3.05, 3.63) is 59.7 Å². The average molecular weight is 449 g/mol. The first-order valence-electron chi connectivity index (χ1n) is 11.6. The Labute approximate surface area is 192 Å². The predicted octanol–water partition coefficient (Wildman–Crippen LogP) is 3.82. The Balaban J connectivity index is 1.16. The number of carboxylic acid groups (broad SMARTS) is 1. The molecule has 0 saturated heterocycles. The molecule has 2 fully saturated rings. The second-order valence-electron chi connectivity index (χ2n) is 9.41. The number of benzene rings is 2. The first-order chi connectivity index (χ1) is 16.0. The van der Waals surface area contributed by atoms with Gasteiger partial charge >= 0.3 is 12.1 Å². The SMILES string of the molecule is O=C(N[C@H]1CCC[C@@H](C(=O)NC2(C(=O)O)CC2)C1)OCC1c2ccccc2-c2ccccc21. The molecule has 0 heterocycles. The van der Waals surface area contributed by atoms with Crippen LogP contribution in [0.1, 0.15) is 55.6 Å². The maximum absolute atomic E-state index is 12.6. The van der Waals surface area contributed by atoms with Gasteiger partial charge in [0.25, 0.3) is 0 Å². The highest BCUT2D eigenvalue weighted by Gasteiger charge is 2.52. The van der Waals surface area contributed by atoms with Crippen molar-refractivity contribution in [2.24, 2.45) is 5.92 Å². The fraction of sp³-hybridized carbons (Fsp3) is 0.423. The summed E-state index contributed by atoms with van der Waals surface area (Å²) in [6.07, 6.45) is 3.23. The zero-order valence-corrected chi connectivity index (χ0v) is 18.4. The molecule has 33 heavy (non-hydrogen) atoms. The lowest BCUT2D eigenvalue weighted by Gasteiger charge is -2.29. The van der Waals surface area contributed by atoms with Crippen LogP contribution in [0, 0.1) is 5.92 Å². The number of carbonyl (C=O) groups is 3. The molecule has 3 N–H and O–H groups in total. The molecule has 2 saturated carbocycles. The lowest BCUT2D eigenvalue weighted by atomic mass is 9.85. The minimum atomic E-state index is -1.08. The summed E-state index contributed by atoms with van der Waals surface area (Å²) in [5.41, 5.74) is 3.60. The molecule has 2 aromatic carbocycles. The van der Waals surface area contributed by atoms with Crippen molar-refractivity contribution in [2.75, 3.05) is 6.61 Å². The summed E-state index contributed by atoms with van der Waals surface area (Å²) in [5.74, 6) is -1.50. The van der Waals surface area contributed by atoms with E-state index in [2.05, 4.69) is 34.9 Å². The Morgan fingerprint density at radius 2 is 1.61 bits per heavy atom. The number of carboxylic acids is 1. The van der Waals surface area contributed by atoms with Crippen LogP contribution >= 0.6 is 0 Å². The van der Waals surface area contributed by atoms with Crippen molar-refractivity contribution in [3.63, 3.8) is 0 Å². The Morgan fingerprint density at radius 1 is 0.970 bits per heavy atom. The van der Waals surface area contributed by atoms with Crippen LogP contribution in [0.15, 0.2) is 48.5 Å². The highest BCUT2D eigenvalue weighted by Crippen LogP contribution is 2.44. The number of hydrogen-bond acceptors (Lipinski definition) is 4. The average Bonchev–Trinajstić information content (AvgIpc) is 3.54. The molecule has 0 unspecified atom stereocenters. The summed E-state index contributed by atoms with van der Waals surface area (Å²) in [5, 5.41) is 14.9. The Kier molecular flexibility index (Phi) is 5.56. The third-order valence-corrected chi connectivity index (χ3v) is 7.23. The molecule has 7 nitrogen and oxygen atoms in total. The normalized spacial score (nSPS) is 22.5. The van der Waals surface area contributed by atoms with Crippen molar-refractivity contribution in [3.8, 4) is 11.1 Å². The molecule has 2 aromatic rings. The van der Waals surface area contributed by atoms with Gasteiger partial charge in [-0.05, 0) is 54.4 Å². The van der Waals surface area contributed by atoms with Gasteiger partial charge in [0.05, 0.1) is 0 Å². The molecule has 3 aliphatic rings. The van der Waals surface area contributed by atoms with E-state index in [0.29, 0.717) is 25.7 Å². The molecule has 5 rings (SSSR count). The Bertz CT molecular complexity index is 1050. The molecule has 0 spiro atoms. The highest BCUT2D eigenvalue weighted by molar-refractivity contribution is 5.90. The first-order valence-corrected chi connectivity index (χ1v) is 11.6. The largest absolute Gasteiger partial charge is 0.480 e. The Hall–Kier alpha value is -3.35. The summed E-state index contributed by atoms with van der Waals surface area (Å²) < 4.78 is 5.63. The number of amides is 2. The van der Waals surface area contributed by atoms with Gasteiger partial charge in [-0.3, -0.25) is 4.79 Å². The topological polar surface area (TPSA) is 105 Å². The van der Waals surface area contributed by atoms with E-state index >= 15 is 0 Å².